The molecule has 0 radical (unpaired) electrons. The number of halogens is 1. The highest BCUT2D eigenvalue weighted by Crippen LogP contribution is 2.24. The van der Waals surface area contributed by atoms with E-state index in [1.807, 2.05) is 12.4 Å². The molecule has 0 saturated carbocycles. The molecule has 13 heavy (non-hydrogen) atoms. The van der Waals surface area contributed by atoms with Gasteiger partial charge in [-0.3, -0.25) is 4.98 Å². The summed E-state index contributed by atoms with van der Waals surface area (Å²) in [5, 5.41) is 3.41. The van der Waals surface area contributed by atoms with Gasteiger partial charge in [0.15, 0.2) is 0 Å². The smallest absolute Gasteiger partial charge is 0.0410 e. The van der Waals surface area contributed by atoms with E-state index < -0.39 is 0 Å². The Hall–Kier alpha value is -0.410. The first-order chi connectivity index (χ1) is 6.36. The minimum atomic E-state index is 0.652. The zero-order chi connectivity index (χ0) is 9.10. The molecule has 2 heterocycles. The molecule has 1 atom stereocenters. The molecule has 1 saturated heterocycles. The number of aromatic nitrogens is 1. The van der Waals surface area contributed by atoms with Crippen molar-refractivity contribution >= 4 is 15.9 Å². The van der Waals surface area contributed by atoms with Crippen LogP contribution in [0.2, 0.25) is 0 Å². The molecule has 0 unspecified atom stereocenters. The van der Waals surface area contributed by atoms with Crippen LogP contribution >= 0.6 is 15.9 Å². The van der Waals surface area contributed by atoms with Gasteiger partial charge in [0.05, 0.1) is 0 Å². The number of hydrogen-bond donors (Lipinski definition) is 1. The number of pyridine rings is 1. The summed E-state index contributed by atoms with van der Waals surface area (Å²) in [7, 11) is 0. The van der Waals surface area contributed by atoms with Crippen molar-refractivity contribution in [2.75, 3.05) is 13.1 Å². The molecule has 3 heteroatoms. The third kappa shape index (κ3) is 2.29. The first kappa shape index (κ1) is 9.16. The fourth-order valence-corrected chi connectivity index (χ4v) is 2.17. The van der Waals surface area contributed by atoms with Gasteiger partial charge in [0, 0.05) is 23.4 Å². The van der Waals surface area contributed by atoms with E-state index in [-0.39, 0.29) is 0 Å². The van der Waals surface area contributed by atoms with Crippen LogP contribution in [0.3, 0.4) is 0 Å². The molecule has 2 rings (SSSR count). The van der Waals surface area contributed by atoms with Gasteiger partial charge in [-0.25, -0.2) is 0 Å². The Morgan fingerprint density at radius 1 is 1.46 bits per heavy atom. The van der Waals surface area contributed by atoms with E-state index in [1.54, 1.807) is 0 Å². The average Bonchev–Trinajstić information content (AvgIpc) is 2.19. The van der Waals surface area contributed by atoms with Crippen LogP contribution in [0.1, 0.15) is 24.3 Å². The third-order valence-corrected chi connectivity index (χ3v) is 2.93. The molecule has 1 aromatic heterocycles. The molecule has 1 N–H and O–H groups in total. The summed E-state index contributed by atoms with van der Waals surface area (Å²) in [4.78, 5) is 4.18. The topological polar surface area (TPSA) is 24.9 Å². The molecule has 0 amide bonds. The third-order valence-electron chi connectivity index (χ3n) is 2.49. The van der Waals surface area contributed by atoms with Crippen molar-refractivity contribution in [2.24, 2.45) is 0 Å². The zero-order valence-corrected chi connectivity index (χ0v) is 9.05. The van der Waals surface area contributed by atoms with Gasteiger partial charge < -0.3 is 5.32 Å². The Kier molecular flexibility index (Phi) is 2.96. The maximum absolute atomic E-state index is 4.18. The van der Waals surface area contributed by atoms with Crippen molar-refractivity contribution in [2.45, 2.75) is 18.8 Å². The second-order valence-electron chi connectivity index (χ2n) is 3.48. The maximum Gasteiger partial charge on any atom is 0.0410 e. The van der Waals surface area contributed by atoms with E-state index in [2.05, 4.69) is 32.3 Å². The van der Waals surface area contributed by atoms with E-state index in [1.165, 1.54) is 18.4 Å². The van der Waals surface area contributed by atoms with Crippen molar-refractivity contribution in [1.82, 2.24) is 10.3 Å². The van der Waals surface area contributed by atoms with Crippen molar-refractivity contribution in [3.8, 4) is 0 Å². The van der Waals surface area contributed by atoms with Crippen LogP contribution in [0.4, 0.5) is 0 Å². The number of nitrogens with one attached hydrogen (secondary N) is 1. The first-order valence-corrected chi connectivity index (χ1v) is 5.47. The van der Waals surface area contributed by atoms with Crippen LogP contribution in [-0.2, 0) is 0 Å². The van der Waals surface area contributed by atoms with E-state index in [4.69, 9.17) is 0 Å². The summed E-state index contributed by atoms with van der Waals surface area (Å²) >= 11 is 3.45. The van der Waals surface area contributed by atoms with Crippen LogP contribution < -0.4 is 5.32 Å². The van der Waals surface area contributed by atoms with Crippen LogP contribution in [0.5, 0.6) is 0 Å². The molecular formula is C10H13BrN2. The Balaban J connectivity index is 2.14. The molecule has 0 bridgehead atoms. The van der Waals surface area contributed by atoms with Crippen LogP contribution in [0, 0.1) is 0 Å². The highest BCUT2D eigenvalue weighted by molar-refractivity contribution is 9.10. The normalized spacial score (nSPS) is 23.0. The lowest BCUT2D eigenvalue weighted by molar-refractivity contribution is 0.461. The maximum atomic E-state index is 4.18. The molecule has 0 aliphatic carbocycles. The second-order valence-corrected chi connectivity index (χ2v) is 4.40. The zero-order valence-electron chi connectivity index (χ0n) is 7.46. The molecule has 1 aromatic rings. The summed E-state index contributed by atoms with van der Waals surface area (Å²) in [5.74, 6) is 0.652. The lowest BCUT2D eigenvalue weighted by Gasteiger charge is -2.22. The molecule has 70 valence electrons. The number of hydrogen-bond acceptors (Lipinski definition) is 2. The highest BCUT2D eigenvalue weighted by Gasteiger charge is 2.14. The van der Waals surface area contributed by atoms with Gasteiger partial charge in [0.2, 0.25) is 0 Å². The minimum absolute atomic E-state index is 0.652. The molecular weight excluding hydrogens is 228 g/mol. The van der Waals surface area contributed by atoms with Gasteiger partial charge in [0.1, 0.15) is 0 Å². The number of nitrogens with zero attached hydrogens (tertiary/aromatic N) is 1. The van der Waals surface area contributed by atoms with E-state index >= 15 is 0 Å². The van der Waals surface area contributed by atoms with Gasteiger partial charge in [-0.15, -0.1) is 0 Å². The lowest BCUT2D eigenvalue weighted by Crippen LogP contribution is -2.28. The molecule has 1 aliphatic rings. The van der Waals surface area contributed by atoms with Crippen molar-refractivity contribution in [1.29, 1.82) is 0 Å². The van der Waals surface area contributed by atoms with Crippen LogP contribution in [0.25, 0.3) is 0 Å². The highest BCUT2D eigenvalue weighted by atomic mass is 79.9. The number of rotatable bonds is 1. The Morgan fingerprint density at radius 3 is 3.08 bits per heavy atom. The predicted octanol–water partition coefficient (Wildman–Crippen LogP) is 2.31. The summed E-state index contributed by atoms with van der Waals surface area (Å²) in [6, 6.07) is 2.17. The Morgan fingerprint density at radius 2 is 2.38 bits per heavy atom. The summed E-state index contributed by atoms with van der Waals surface area (Å²) in [5.41, 5.74) is 1.35. The second kappa shape index (κ2) is 4.20. The molecule has 2 nitrogen and oxygen atoms in total. The van der Waals surface area contributed by atoms with Gasteiger partial charge in [-0.05, 0) is 52.9 Å². The van der Waals surface area contributed by atoms with Gasteiger partial charge in [-0.1, -0.05) is 0 Å². The van der Waals surface area contributed by atoms with E-state index in [0.717, 1.165) is 17.6 Å². The SMILES string of the molecule is Brc1cncc([C@@H]2CCCNC2)c1. The van der Waals surface area contributed by atoms with Crippen LogP contribution in [-0.4, -0.2) is 18.1 Å². The summed E-state index contributed by atoms with van der Waals surface area (Å²) < 4.78 is 1.08. The average molecular weight is 241 g/mol. The lowest BCUT2D eigenvalue weighted by atomic mass is 9.93. The number of piperidine rings is 1. The fourth-order valence-electron chi connectivity index (χ4n) is 1.79. The van der Waals surface area contributed by atoms with Gasteiger partial charge in [0.25, 0.3) is 0 Å². The van der Waals surface area contributed by atoms with Gasteiger partial charge in [-0.2, -0.15) is 0 Å². The quantitative estimate of drug-likeness (QED) is 0.816. The Bertz CT molecular complexity index is 282. The van der Waals surface area contributed by atoms with Crippen molar-refractivity contribution < 1.29 is 0 Å². The van der Waals surface area contributed by atoms with E-state index in [0.29, 0.717) is 5.92 Å². The molecule has 1 fully saturated rings. The van der Waals surface area contributed by atoms with Crippen LogP contribution in [0.15, 0.2) is 22.9 Å². The minimum Gasteiger partial charge on any atom is -0.316 e. The summed E-state index contributed by atoms with van der Waals surface area (Å²) in [6.45, 7) is 2.26. The largest absolute Gasteiger partial charge is 0.316 e. The molecule has 0 spiro atoms. The predicted molar refractivity (Wildman–Crippen MR) is 56.8 cm³/mol. The van der Waals surface area contributed by atoms with Crippen molar-refractivity contribution in [3.63, 3.8) is 0 Å². The fraction of sp³-hybridized carbons (Fsp3) is 0.500. The first-order valence-electron chi connectivity index (χ1n) is 4.67. The van der Waals surface area contributed by atoms with Crippen molar-refractivity contribution in [3.05, 3.63) is 28.5 Å². The standard InChI is InChI=1S/C10H13BrN2/c11-10-4-9(6-13-7-10)8-2-1-3-12-5-8/h4,6-8,12H,1-3,5H2/t8-/m1/s1. The molecule has 0 aromatic carbocycles. The summed E-state index contributed by atoms with van der Waals surface area (Å²) in [6.07, 6.45) is 6.37. The van der Waals surface area contributed by atoms with E-state index in [9.17, 15) is 0 Å². The Labute approximate surface area is 86.9 Å². The van der Waals surface area contributed by atoms with Gasteiger partial charge >= 0.3 is 0 Å². The monoisotopic (exact) mass is 240 g/mol. The molecule has 1 aliphatic heterocycles.